The minimum absolute atomic E-state index is 0.243. The summed E-state index contributed by atoms with van der Waals surface area (Å²) in [5, 5.41) is 0.794. The molecule has 0 saturated carbocycles. The summed E-state index contributed by atoms with van der Waals surface area (Å²) in [7, 11) is 0. The lowest BCUT2D eigenvalue weighted by atomic mass is 10.3. The van der Waals surface area contributed by atoms with Gasteiger partial charge in [0.05, 0.1) is 5.02 Å². The van der Waals surface area contributed by atoms with Crippen LogP contribution in [0.2, 0.25) is 10.0 Å². The topological polar surface area (TPSA) is 26.3 Å². The van der Waals surface area contributed by atoms with Crippen LogP contribution in [0.25, 0.3) is 0 Å². The Morgan fingerprint density at radius 1 is 1.43 bits per heavy atom. The first-order chi connectivity index (χ1) is 6.50. The molecule has 0 aliphatic heterocycles. The minimum Gasteiger partial charge on any atom is -0.422 e. The molecule has 0 N–H and O–H groups in total. The van der Waals surface area contributed by atoms with E-state index in [1.165, 1.54) is 6.07 Å². The van der Waals surface area contributed by atoms with Gasteiger partial charge in [0, 0.05) is 16.7 Å². The van der Waals surface area contributed by atoms with Crippen LogP contribution in [0, 0.1) is 0 Å². The van der Waals surface area contributed by atoms with Gasteiger partial charge in [-0.2, -0.15) is 0 Å². The van der Waals surface area contributed by atoms with Gasteiger partial charge in [-0.3, -0.25) is 0 Å². The first-order valence-corrected chi connectivity index (χ1v) is 4.59. The van der Waals surface area contributed by atoms with E-state index < -0.39 is 5.97 Å². The van der Waals surface area contributed by atoms with Crippen LogP contribution in [0.3, 0.4) is 0 Å². The number of benzene rings is 1. The first kappa shape index (κ1) is 11.1. The highest BCUT2D eigenvalue weighted by Crippen LogP contribution is 2.28. The summed E-state index contributed by atoms with van der Waals surface area (Å²) in [4.78, 5) is 11.2. The van der Waals surface area contributed by atoms with Crippen LogP contribution >= 0.6 is 23.2 Å². The summed E-state index contributed by atoms with van der Waals surface area (Å²) in [6.07, 6.45) is 0. The third-order valence-corrected chi connectivity index (χ3v) is 1.99. The van der Waals surface area contributed by atoms with Crippen molar-refractivity contribution < 1.29 is 9.53 Å². The van der Waals surface area contributed by atoms with Gasteiger partial charge in [-0.25, -0.2) is 4.79 Å². The Morgan fingerprint density at radius 3 is 2.64 bits per heavy atom. The van der Waals surface area contributed by atoms with Crippen LogP contribution in [-0.4, -0.2) is 5.97 Å². The maximum atomic E-state index is 11.2. The van der Waals surface area contributed by atoms with Gasteiger partial charge in [-0.1, -0.05) is 29.8 Å². The molecule has 0 radical (unpaired) electrons. The smallest absolute Gasteiger partial charge is 0.338 e. The number of carbonyl (C=O) groups excluding carboxylic acids is 1. The second-order valence-corrected chi connectivity index (χ2v) is 3.59. The van der Waals surface area contributed by atoms with Crippen molar-refractivity contribution in [3.05, 3.63) is 40.4 Å². The maximum Gasteiger partial charge on any atom is 0.338 e. The van der Waals surface area contributed by atoms with Gasteiger partial charge in [-0.15, -0.1) is 0 Å². The average Bonchev–Trinajstić information content (AvgIpc) is 2.11. The molecule has 0 saturated heterocycles. The van der Waals surface area contributed by atoms with E-state index in [9.17, 15) is 4.79 Å². The standard InChI is InChI=1S/C10H8Cl2O2/c1-6(2)10(13)14-9-5-7(11)3-4-8(9)12/h3-5H,1H2,2H3. The molecule has 74 valence electrons. The Morgan fingerprint density at radius 2 is 2.07 bits per heavy atom. The Kier molecular flexibility index (Phi) is 3.55. The summed E-state index contributed by atoms with van der Waals surface area (Å²) < 4.78 is 4.93. The summed E-state index contributed by atoms with van der Waals surface area (Å²) in [5.41, 5.74) is 0.307. The second kappa shape index (κ2) is 4.49. The molecule has 0 aliphatic carbocycles. The van der Waals surface area contributed by atoms with Gasteiger partial charge in [0.25, 0.3) is 0 Å². The van der Waals surface area contributed by atoms with E-state index in [4.69, 9.17) is 27.9 Å². The van der Waals surface area contributed by atoms with Crippen molar-refractivity contribution in [2.75, 3.05) is 0 Å². The molecule has 0 fully saturated rings. The Bertz CT molecular complexity index is 386. The van der Waals surface area contributed by atoms with Crippen LogP contribution < -0.4 is 4.74 Å². The van der Waals surface area contributed by atoms with E-state index in [1.807, 2.05) is 0 Å². The third-order valence-electron chi connectivity index (χ3n) is 1.44. The molecule has 1 rings (SSSR count). The molecule has 0 aromatic heterocycles. The fourth-order valence-corrected chi connectivity index (χ4v) is 1.06. The van der Waals surface area contributed by atoms with Crippen LogP contribution in [0.15, 0.2) is 30.4 Å². The summed E-state index contributed by atoms with van der Waals surface area (Å²) in [6.45, 7) is 5.01. The quantitative estimate of drug-likeness (QED) is 0.442. The molecular weight excluding hydrogens is 223 g/mol. The zero-order valence-electron chi connectivity index (χ0n) is 7.51. The largest absolute Gasteiger partial charge is 0.422 e. The lowest BCUT2D eigenvalue weighted by Crippen LogP contribution is -2.08. The van der Waals surface area contributed by atoms with Crippen LogP contribution in [0.1, 0.15) is 6.92 Å². The number of hydrogen-bond acceptors (Lipinski definition) is 2. The van der Waals surface area contributed by atoms with E-state index >= 15 is 0 Å². The SMILES string of the molecule is C=C(C)C(=O)Oc1cc(Cl)ccc1Cl. The number of halogens is 2. The highest BCUT2D eigenvalue weighted by Gasteiger charge is 2.08. The van der Waals surface area contributed by atoms with Gasteiger partial charge < -0.3 is 4.74 Å². The fraction of sp³-hybridized carbons (Fsp3) is 0.100. The molecule has 1 aromatic rings. The van der Waals surface area contributed by atoms with Gasteiger partial charge in [0.2, 0.25) is 0 Å². The predicted molar refractivity (Wildman–Crippen MR) is 56.9 cm³/mol. The Balaban J connectivity index is 2.91. The number of rotatable bonds is 2. The van der Waals surface area contributed by atoms with Crippen molar-refractivity contribution in [1.29, 1.82) is 0 Å². The van der Waals surface area contributed by atoms with Crippen LogP contribution in [0.5, 0.6) is 5.75 Å². The zero-order valence-corrected chi connectivity index (χ0v) is 9.02. The average molecular weight is 231 g/mol. The highest BCUT2D eigenvalue weighted by atomic mass is 35.5. The molecule has 0 bridgehead atoms. The molecule has 0 unspecified atom stereocenters. The predicted octanol–water partition coefficient (Wildman–Crippen LogP) is 3.47. The monoisotopic (exact) mass is 230 g/mol. The van der Waals surface area contributed by atoms with E-state index in [-0.39, 0.29) is 5.75 Å². The Hall–Kier alpha value is -0.990. The minimum atomic E-state index is -0.519. The van der Waals surface area contributed by atoms with Crippen molar-refractivity contribution in [3.8, 4) is 5.75 Å². The van der Waals surface area contributed by atoms with E-state index in [1.54, 1.807) is 19.1 Å². The number of esters is 1. The van der Waals surface area contributed by atoms with E-state index in [0.717, 1.165) is 0 Å². The molecule has 0 aliphatic rings. The maximum absolute atomic E-state index is 11.2. The molecule has 1 aromatic carbocycles. The van der Waals surface area contributed by atoms with Crippen molar-refractivity contribution >= 4 is 29.2 Å². The van der Waals surface area contributed by atoms with Gasteiger partial charge in [0.15, 0.2) is 5.75 Å². The summed E-state index contributed by atoms with van der Waals surface area (Å²) >= 11 is 11.5. The zero-order chi connectivity index (χ0) is 10.7. The van der Waals surface area contributed by atoms with E-state index in [2.05, 4.69) is 6.58 Å². The van der Waals surface area contributed by atoms with E-state index in [0.29, 0.717) is 15.6 Å². The Labute approximate surface area is 92.1 Å². The normalized spacial score (nSPS) is 9.64. The lowest BCUT2D eigenvalue weighted by molar-refractivity contribution is -0.130. The number of hydrogen-bond donors (Lipinski definition) is 0. The van der Waals surface area contributed by atoms with Crippen molar-refractivity contribution in [3.63, 3.8) is 0 Å². The molecule has 0 spiro atoms. The van der Waals surface area contributed by atoms with Crippen LogP contribution in [0.4, 0.5) is 0 Å². The van der Waals surface area contributed by atoms with Gasteiger partial charge in [-0.05, 0) is 19.1 Å². The lowest BCUT2D eigenvalue weighted by Gasteiger charge is -2.05. The molecule has 0 amide bonds. The van der Waals surface area contributed by atoms with Gasteiger partial charge in [0.1, 0.15) is 0 Å². The highest BCUT2D eigenvalue weighted by molar-refractivity contribution is 6.34. The third kappa shape index (κ3) is 2.76. The number of ether oxygens (including phenoxy) is 1. The second-order valence-electron chi connectivity index (χ2n) is 2.74. The van der Waals surface area contributed by atoms with Crippen molar-refractivity contribution in [2.45, 2.75) is 6.92 Å². The fourth-order valence-electron chi connectivity index (χ4n) is 0.742. The van der Waals surface area contributed by atoms with Gasteiger partial charge >= 0.3 is 5.97 Å². The molecule has 0 atom stereocenters. The van der Waals surface area contributed by atoms with Crippen molar-refractivity contribution in [2.24, 2.45) is 0 Å². The molecular formula is C10H8Cl2O2. The molecule has 4 heteroatoms. The molecule has 14 heavy (non-hydrogen) atoms. The summed E-state index contributed by atoms with van der Waals surface area (Å²) in [6, 6.07) is 4.65. The summed E-state index contributed by atoms with van der Waals surface area (Å²) in [5.74, 6) is -0.277. The van der Waals surface area contributed by atoms with Crippen LogP contribution in [-0.2, 0) is 4.79 Å². The first-order valence-electron chi connectivity index (χ1n) is 3.83. The van der Waals surface area contributed by atoms with Crippen molar-refractivity contribution in [1.82, 2.24) is 0 Å². The molecule has 2 nitrogen and oxygen atoms in total. The molecule has 0 heterocycles. The number of carbonyl (C=O) groups is 1.